The number of rotatable bonds is 6. The smallest absolute Gasteiger partial charge is 0.266 e. The summed E-state index contributed by atoms with van der Waals surface area (Å²) in [5.74, 6) is 1.21. The van der Waals surface area contributed by atoms with Crippen molar-refractivity contribution < 1.29 is 19.0 Å². The molecule has 1 amide bonds. The standard InChI is InChI=1S/C24H27N3O5S/c1-15-12-26(13-16(2)32-15)22(28)14-33-24-25-19-8-6-5-7-18(19)23(29)27(24)17-9-10-20(30-3)21(11-17)31-4/h5-11,15-16H,12-14H2,1-4H3. The van der Waals surface area contributed by atoms with Gasteiger partial charge in [0.05, 0.1) is 48.8 Å². The minimum atomic E-state index is -0.212. The van der Waals surface area contributed by atoms with Crippen molar-refractivity contribution in [2.75, 3.05) is 33.1 Å². The fourth-order valence-electron chi connectivity index (χ4n) is 4.00. The van der Waals surface area contributed by atoms with Gasteiger partial charge in [-0.2, -0.15) is 0 Å². The van der Waals surface area contributed by atoms with Crippen molar-refractivity contribution in [2.45, 2.75) is 31.2 Å². The first-order chi connectivity index (χ1) is 15.9. The van der Waals surface area contributed by atoms with E-state index in [9.17, 15) is 9.59 Å². The molecule has 0 spiro atoms. The lowest BCUT2D eigenvalue weighted by Gasteiger charge is -2.35. The first-order valence-corrected chi connectivity index (χ1v) is 11.7. The van der Waals surface area contributed by atoms with Crippen LogP contribution in [0.1, 0.15) is 13.8 Å². The molecule has 2 aromatic carbocycles. The predicted molar refractivity (Wildman–Crippen MR) is 128 cm³/mol. The molecule has 33 heavy (non-hydrogen) atoms. The maximum absolute atomic E-state index is 13.5. The summed E-state index contributed by atoms with van der Waals surface area (Å²) in [5.41, 5.74) is 0.957. The minimum Gasteiger partial charge on any atom is -0.493 e. The zero-order valence-electron chi connectivity index (χ0n) is 19.1. The summed E-state index contributed by atoms with van der Waals surface area (Å²) in [6, 6.07) is 12.4. The average Bonchev–Trinajstić information content (AvgIpc) is 2.81. The highest BCUT2D eigenvalue weighted by molar-refractivity contribution is 7.99. The highest BCUT2D eigenvalue weighted by Gasteiger charge is 2.26. The van der Waals surface area contributed by atoms with E-state index in [0.29, 0.717) is 46.3 Å². The van der Waals surface area contributed by atoms with Gasteiger partial charge < -0.3 is 19.1 Å². The number of carbonyl (C=O) groups excluding carboxylic acids is 1. The highest BCUT2D eigenvalue weighted by Crippen LogP contribution is 2.30. The Morgan fingerprint density at radius 2 is 1.79 bits per heavy atom. The van der Waals surface area contributed by atoms with Crippen LogP contribution in [0.5, 0.6) is 11.5 Å². The molecule has 2 atom stereocenters. The van der Waals surface area contributed by atoms with Crippen molar-refractivity contribution in [2.24, 2.45) is 0 Å². The molecule has 0 radical (unpaired) electrons. The third kappa shape index (κ3) is 4.84. The van der Waals surface area contributed by atoms with Crippen LogP contribution < -0.4 is 15.0 Å². The molecule has 8 nitrogen and oxygen atoms in total. The quantitative estimate of drug-likeness (QED) is 0.405. The molecule has 0 N–H and O–H groups in total. The Morgan fingerprint density at radius 3 is 2.48 bits per heavy atom. The third-order valence-electron chi connectivity index (χ3n) is 5.47. The van der Waals surface area contributed by atoms with Crippen molar-refractivity contribution in [3.05, 3.63) is 52.8 Å². The number of morpholine rings is 1. The Kier molecular flexibility index (Phi) is 6.90. The Hall–Kier alpha value is -3.04. The van der Waals surface area contributed by atoms with E-state index in [1.165, 1.54) is 16.3 Å². The lowest BCUT2D eigenvalue weighted by Crippen LogP contribution is -2.48. The second-order valence-corrected chi connectivity index (χ2v) is 8.88. The van der Waals surface area contributed by atoms with Gasteiger partial charge in [-0.15, -0.1) is 0 Å². The van der Waals surface area contributed by atoms with E-state index in [1.54, 1.807) is 44.6 Å². The van der Waals surface area contributed by atoms with Gasteiger partial charge in [0, 0.05) is 19.2 Å². The summed E-state index contributed by atoms with van der Waals surface area (Å²) >= 11 is 1.25. The largest absolute Gasteiger partial charge is 0.493 e. The maximum atomic E-state index is 13.5. The van der Waals surface area contributed by atoms with E-state index in [1.807, 2.05) is 30.9 Å². The van der Waals surface area contributed by atoms with Crippen LogP contribution in [0.3, 0.4) is 0 Å². The Balaban J connectivity index is 1.72. The molecule has 4 rings (SSSR count). The van der Waals surface area contributed by atoms with Gasteiger partial charge in [0.1, 0.15) is 0 Å². The van der Waals surface area contributed by atoms with Gasteiger partial charge in [-0.05, 0) is 38.1 Å². The minimum absolute atomic E-state index is 0.00793. The lowest BCUT2D eigenvalue weighted by atomic mass is 10.2. The summed E-state index contributed by atoms with van der Waals surface area (Å²) in [4.78, 5) is 32.9. The van der Waals surface area contributed by atoms with Crippen LogP contribution in [0.4, 0.5) is 0 Å². The van der Waals surface area contributed by atoms with Crippen LogP contribution in [-0.2, 0) is 9.53 Å². The van der Waals surface area contributed by atoms with E-state index in [2.05, 4.69) is 0 Å². The first-order valence-electron chi connectivity index (χ1n) is 10.7. The Bertz CT molecular complexity index is 1220. The fraction of sp³-hybridized carbons (Fsp3) is 0.375. The summed E-state index contributed by atoms with van der Waals surface area (Å²) in [5, 5.41) is 0.937. The Labute approximate surface area is 196 Å². The second-order valence-electron chi connectivity index (χ2n) is 7.94. The number of hydrogen-bond acceptors (Lipinski definition) is 7. The number of carbonyl (C=O) groups is 1. The number of ether oxygens (including phenoxy) is 3. The number of fused-ring (bicyclic) bond motifs is 1. The molecule has 2 unspecified atom stereocenters. The van der Waals surface area contributed by atoms with Gasteiger partial charge in [0.25, 0.3) is 5.56 Å². The third-order valence-corrected chi connectivity index (χ3v) is 6.39. The predicted octanol–water partition coefficient (Wildman–Crippen LogP) is 3.13. The van der Waals surface area contributed by atoms with Gasteiger partial charge in [0.2, 0.25) is 5.91 Å². The molecule has 0 saturated carbocycles. The summed E-state index contributed by atoms with van der Waals surface area (Å²) in [6.07, 6.45) is -0.0159. The average molecular weight is 470 g/mol. The monoisotopic (exact) mass is 469 g/mol. The van der Waals surface area contributed by atoms with Gasteiger partial charge in [-0.1, -0.05) is 23.9 Å². The topological polar surface area (TPSA) is 82.9 Å². The molecule has 3 aromatic rings. The Morgan fingerprint density at radius 1 is 1.09 bits per heavy atom. The number of para-hydroxylation sites is 1. The first kappa shape index (κ1) is 23.1. The number of benzene rings is 2. The van der Waals surface area contributed by atoms with Crippen molar-refractivity contribution in [3.63, 3.8) is 0 Å². The van der Waals surface area contributed by atoms with Gasteiger partial charge in [-0.25, -0.2) is 4.98 Å². The lowest BCUT2D eigenvalue weighted by molar-refractivity contribution is -0.140. The van der Waals surface area contributed by atoms with Crippen molar-refractivity contribution >= 4 is 28.6 Å². The number of hydrogen-bond donors (Lipinski definition) is 0. The molecule has 174 valence electrons. The van der Waals surface area contributed by atoms with Crippen LogP contribution >= 0.6 is 11.8 Å². The van der Waals surface area contributed by atoms with Crippen molar-refractivity contribution in [1.82, 2.24) is 14.5 Å². The van der Waals surface area contributed by atoms with E-state index >= 15 is 0 Å². The molecule has 9 heteroatoms. The second kappa shape index (κ2) is 9.84. The molecule has 1 aromatic heterocycles. The normalized spacial score (nSPS) is 18.4. The van der Waals surface area contributed by atoms with E-state index in [-0.39, 0.29) is 29.4 Å². The van der Waals surface area contributed by atoms with Crippen LogP contribution in [0.2, 0.25) is 0 Å². The maximum Gasteiger partial charge on any atom is 0.266 e. The summed E-state index contributed by atoms with van der Waals surface area (Å²) in [7, 11) is 3.10. The van der Waals surface area contributed by atoms with Crippen LogP contribution in [-0.4, -0.2) is 65.6 Å². The zero-order chi connectivity index (χ0) is 23.5. The van der Waals surface area contributed by atoms with Gasteiger partial charge >= 0.3 is 0 Å². The zero-order valence-corrected chi connectivity index (χ0v) is 19.9. The number of aromatic nitrogens is 2. The van der Waals surface area contributed by atoms with E-state index < -0.39 is 0 Å². The molecule has 1 saturated heterocycles. The molecular formula is C24H27N3O5S. The van der Waals surface area contributed by atoms with E-state index in [0.717, 1.165) is 0 Å². The number of amides is 1. The highest BCUT2D eigenvalue weighted by atomic mass is 32.2. The van der Waals surface area contributed by atoms with Crippen LogP contribution in [0.15, 0.2) is 52.4 Å². The molecule has 1 aliphatic rings. The molecule has 1 aliphatic heterocycles. The molecular weight excluding hydrogens is 442 g/mol. The number of thioether (sulfide) groups is 1. The molecule has 0 aliphatic carbocycles. The molecule has 2 heterocycles. The number of methoxy groups -OCH3 is 2. The molecule has 0 bridgehead atoms. The van der Waals surface area contributed by atoms with Crippen molar-refractivity contribution in [1.29, 1.82) is 0 Å². The van der Waals surface area contributed by atoms with Gasteiger partial charge in [0.15, 0.2) is 16.7 Å². The van der Waals surface area contributed by atoms with Crippen LogP contribution in [0.25, 0.3) is 16.6 Å². The molecule has 1 fully saturated rings. The fourth-order valence-corrected chi connectivity index (χ4v) is 4.92. The van der Waals surface area contributed by atoms with Crippen molar-refractivity contribution in [3.8, 4) is 17.2 Å². The van der Waals surface area contributed by atoms with Crippen LogP contribution in [0, 0.1) is 0 Å². The summed E-state index contributed by atoms with van der Waals surface area (Å²) in [6.45, 7) is 5.03. The number of nitrogens with zero attached hydrogens (tertiary/aromatic N) is 3. The SMILES string of the molecule is COc1ccc(-n2c(SCC(=O)N3CC(C)OC(C)C3)nc3ccccc3c2=O)cc1OC. The summed E-state index contributed by atoms with van der Waals surface area (Å²) < 4.78 is 18.0. The van der Waals surface area contributed by atoms with Gasteiger partial charge in [-0.3, -0.25) is 14.2 Å². The van der Waals surface area contributed by atoms with E-state index in [4.69, 9.17) is 19.2 Å².